The molecule has 0 aliphatic carbocycles. The number of para-hydroxylation sites is 6. The molecule has 5 aromatic carbocycles. The van der Waals surface area contributed by atoms with Crippen LogP contribution in [0.5, 0.6) is 57.5 Å². The summed E-state index contributed by atoms with van der Waals surface area (Å²) in [5, 5.41) is 17.3. The third kappa shape index (κ3) is 6.41. The van der Waals surface area contributed by atoms with Crippen molar-refractivity contribution in [3.8, 4) is 70.0 Å². The Hall–Kier alpha value is -6.12. The highest BCUT2D eigenvalue weighted by Gasteiger charge is 2.14. The van der Waals surface area contributed by atoms with Crippen molar-refractivity contribution < 1.29 is 28.4 Å². The average Bonchev–Trinajstić information content (AvgIpc) is 2.98. The summed E-state index contributed by atoms with van der Waals surface area (Å²) in [5.41, 5.74) is 0. The summed E-state index contributed by atoms with van der Waals surface area (Å²) < 4.78 is 34.2. The summed E-state index contributed by atoms with van der Waals surface area (Å²) in [6.45, 7) is 0. The maximum absolute atomic E-state index is 8.67. The Morgan fingerprint density at radius 2 is 0.575 bits per heavy atom. The molecule has 0 aromatic heterocycles. The molecule has 0 radical (unpaired) electrons. The zero-order chi connectivity index (χ0) is 27.6. The lowest BCUT2D eigenvalue weighted by atomic mass is 10.2. The molecule has 0 saturated heterocycles. The molecule has 0 aliphatic heterocycles. The molecular formula is C32H20N2O6. The van der Waals surface area contributed by atoms with Gasteiger partial charge in [0.25, 0.3) is 12.5 Å². The molecule has 0 aliphatic rings. The molecule has 0 atom stereocenters. The van der Waals surface area contributed by atoms with Crippen LogP contribution in [0.3, 0.4) is 0 Å². The Morgan fingerprint density at radius 3 is 0.850 bits per heavy atom. The van der Waals surface area contributed by atoms with Crippen LogP contribution < -0.4 is 28.4 Å². The van der Waals surface area contributed by atoms with E-state index in [0.29, 0.717) is 57.5 Å². The fourth-order valence-corrected chi connectivity index (χ4v) is 3.60. The lowest BCUT2D eigenvalue weighted by Gasteiger charge is -2.16. The van der Waals surface area contributed by atoms with E-state index in [0.717, 1.165) is 0 Å². The molecule has 194 valence electrons. The van der Waals surface area contributed by atoms with E-state index >= 15 is 0 Å². The molecule has 5 aromatic rings. The lowest BCUT2D eigenvalue weighted by molar-refractivity contribution is 0.382. The van der Waals surface area contributed by atoms with Gasteiger partial charge in [0.2, 0.25) is 0 Å². The van der Waals surface area contributed by atoms with Gasteiger partial charge in [0.05, 0.1) is 0 Å². The number of nitriles is 2. The highest BCUT2D eigenvalue weighted by Crippen LogP contribution is 2.42. The zero-order valence-corrected chi connectivity index (χ0v) is 20.9. The van der Waals surface area contributed by atoms with Gasteiger partial charge in [-0.3, -0.25) is 0 Å². The first kappa shape index (κ1) is 25.5. The molecule has 0 saturated carbocycles. The van der Waals surface area contributed by atoms with E-state index < -0.39 is 0 Å². The molecule has 40 heavy (non-hydrogen) atoms. The van der Waals surface area contributed by atoms with Crippen molar-refractivity contribution in [1.82, 2.24) is 0 Å². The Morgan fingerprint density at radius 1 is 0.325 bits per heavy atom. The van der Waals surface area contributed by atoms with Gasteiger partial charge in [0.1, 0.15) is 23.0 Å². The quantitative estimate of drug-likeness (QED) is 0.166. The summed E-state index contributed by atoms with van der Waals surface area (Å²) >= 11 is 0. The van der Waals surface area contributed by atoms with Gasteiger partial charge in [-0.15, -0.1) is 10.5 Å². The van der Waals surface area contributed by atoms with Crippen LogP contribution in [-0.2, 0) is 0 Å². The van der Waals surface area contributed by atoms with Gasteiger partial charge in [0.15, 0.2) is 34.5 Å². The van der Waals surface area contributed by atoms with Crippen molar-refractivity contribution in [3.05, 3.63) is 121 Å². The largest absolute Gasteiger partial charge is 0.453 e. The monoisotopic (exact) mass is 528 g/mol. The van der Waals surface area contributed by atoms with Crippen LogP contribution in [0.4, 0.5) is 0 Å². The van der Waals surface area contributed by atoms with Crippen molar-refractivity contribution in [2.24, 2.45) is 0 Å². The molecule has 0 bridgehead atoms. The predicted octanol–water partition coefficient (Wildman–Crippen LogP) is 8.58. The second-order valence-electron chi connectivity index (χ2n) is 8.08. The molecule has 0 unspecified atom stereocenters. The van der Waals surface area contributed by atoms with Crippen LogP contribution in [-0.4, -0.2) is 0 Å². The molecule has 8 heteroatoms. The minimum atomic E-state index is 0.416. The minimum Gasteiger partial charge on any atom is -0.453 e. The van der Waals surface area contributed by atoms with Crippen molar-refractivity contribution in [3.63, 3.8) is 0 Å². The summed E-state index contributed by atoms with van der Waals surface area (Å²) in [5.74, 6) is 4.76. The first-order valence-corrected chi connectivity index (χ1v) is 12.0. The fourth-order valence-electron chi connectivity index (χ4n) is 3.60. The second kappa shape index (κ2) is 12.4. The van der Waals surface area contributed by atoms with Crippen LogP contribution in [0.15, 0.2) is 121 Å². The van der Waals surface area contributed by atoms with Gasteiger partial charge in [-0.25, -0.2) is 0 Å². The maximum atomic E-state index is 8.67. The zero-order valence-electron chi connectivity index (χ0n) is 20.9. The van der Waals surface area contributed by atoms with Gasteiger partial charge >= 0.3 is 0 Å². The number of ether oxygens (including phenoxy) is 6. The Kier molecular flexibility index (Phi) is 7.92. The van der Waals surface area contributed by atoms with Crippen molar-refractivity contribution in [1.29, 1.82) is 10.5 Å². The van der Waals surface area contributed by atoms with Gasteiger partial charge in [-0.2, -0.15) is 0 Å². The Balaban J connectivity index is 1.35. The lowest BCUT2D eigenvalue weighted by Crippen LogP contribution is -1.94. The molecule has 0 fully saturated rings. The smallest absolute Gasteiger partial charge is 0.292 e. The standard InChI is InChI=1S/C32H20N2O6/c33-21-35-23-13-17-25(18-14-23)37-27-7-1-3-9-29(27)39-31-11-5-6-12-32(31)40-30-10-4-2-8-28(30)38-26-19-15-24(16-20-26)36-22-34/h1-20H. The van der Waals surface area contributed by atoms with Crippen LogP contribution in [0.25, 0.3) is 0 Å². The topological polar surface area (TPSA) is 103 Å². The highest BCUT2D eigenvalue weighted by molar-refractivity contribution is 5.52. The number of benzene rings is 5. The highest BCUT2D eigenvalue weighted by atomic mass is 16.6. The van der Waals surface area contributed by atoms with E-state index in [2.05, 4.69) is 0 Å². The molecular weight excluding hydrogens is 508 g/mol. The fraction of sp³-hybridized carbons (Fsp3) is 0. The number of nitrogens with zero attached hydrogens (tertiary/aromatic N) is 2. The molecule has 0 N–H and O–H groups in total. The predicted molar refractivity (Wildman–Crippen MR) is 145 cm³/mol. The minimum absolute atomic E-state index is 0.416. The van der Waals surface area contributed by atoms with Crippen LogP contribution in [0.2, 0.25) is 0 Å². The number of hydrogen-bond acceptors (Lipinski definition) is 8. The van der Waals surface area contributed by atoms with E-state index in [1.54, 1.807) is 97.4 Å². The van der Waals surface area contributed by atoms with Crippen LogP contribution in [0, 0.1) is 23.0 Å². The molecule has 8 nitrogen and oxygen atoms in total. The van der Waals surface area contributed by atoms with Crippen molar-refractivity contribution in [2.45, 2.75) is 0 Å². The van der Waals surface area contributed by atoms with Gasteiger partial charge < -0.3 is 28.4 Å². The molecule has 0 amide bonds. The van der Waals surface area contributed by atoms with Gasteiger partial charge in [0, 0.05) is 0 Å². The normalized spacial score (nSPS) is 9.95. The summed E-state index contributed by atoms with van der Waals surface area (Å²) in [6, 6.07) is 35.1. The van der Waals surface area contributed by atoms with Crippen molar-refractivity contribution >= 4 is 0 Å². The Labute approximate surface area is 230 Å². The maximum Gasteiger partial charge on any atom is 0.292 e. The van der Waals surface area contributed by atoms with E-state index in [-0.39, 0.29) is 0 Å². The summed E-state index contributed by atoms with van der Waals surface area (Å²) in [6.07, 6.45) is 3.28. The number of hydrogen-bond donors (Lipinski definition) is 0. The Bertz CT molecular complexity index is 1550. The number of rotatable bonds is 10. The van der Waals surface area contributed by atoms with E-state index in [1.807, 2.05) is 36.4 Å². The third-order valence-corrected chi connectivity index (χ3v) is 5.42. The van der Waals surface area contributed by atoms with Crippen molar-refractivity contribution in [2.75, 3.05) is 0 Å². The molecule has 5 rings (SSSR count). The first-order valence-electron chi connectivity index (χ1n) is 12.0. The average molecular weight is 529 g/mol. The van der Waals surface area contributed by atoms with Crippen LogP contribution in [0.1, 0.15) is 0 Å². The second-order valence-corrected chi connectivity index (χ2v) is 8.08. The van der Waals surface area contributed by atoms with Gasteiger partial charge in [-0.05, 0) is 84.9 Å². The summed E-state index contributed by atoms with van der Waals surface area (Å²) in [4.78, 5) is 0. The van der Waals surface area contributed by atoms with Gasteiger partial charge in [-0.1, -0.05) is 36.4 Å². The van der Waals surface area contributed by atoms with E-state index in [1.165, 1.54) is 0 Å². The molecule has 0 heterocycles. The van der Waals surface area contributed by atoms with Crippen LogP contribution >= 0.6 is 0 Å². The SMILES string of the molecule is N#COc1ccc(Oc2ccccc2Oc2ccccc2Oc2ccccc2Oc2ccc(OC#N)cc2)cc1. The summed E-state index contributed by atoms with van der Waals surface area (Å²) in [7, 11) is 0. The molecule has 0 spiro atoms. The van der Waals surface area contributed by atoms with E-state index in [4.69, 9.17) is 38.9 Å². The first-order chi connectivity index (χ1) is 19.7. The third-order valence-electron chi connectivity index (χ3n) is 5.42. The van der Waals surface area contributed by atoms with E-state index in [9.17, 15) is 0 Å².